The Bertz CT molecular complexity index is 961. The molecule has 2 aromatic rings. The van der Waals surface area contributed by atoms with E-state index < -0.39 is 21.9 Å². The van der Waals surface area contributed by atoms with Crippen LogP contribution in [0.15, 0.2) is 30.5 Å². The number of rotatable bonds is 6. The SMILES string of the molecule is CCN(NC)C(=O)c1c(C)cccc1-c1cc(C(=O)O)n(S(N)(=O)=O)c1. The summed E-state index contributed by atoms with van der Waals surface area (Å²) in [6, 6.07) is 6.24. The smallest absolute Gasteiger partial charge is 0.353 e. The Labute approximate surface area is 151 Å². The molecule has 0 radical (unpaired) electrons. The summed E-state index contributed by atoms with van der Waals surface area (Å²) in [5.74, 6) is -1.76. The number of hydrazine groups is 1. The minimum Gasteiger partial charge on any atom is -0.477 e. The highest BCUT2D eigenvalue weighted by Crippen LogP contribution is 2.29. The van der Waals surface area contributed by atoms with Gasteiger partial charge in [-0.15, -0.1) is 0 Å². The molecule has 9 nitrogen and oxygen atoms in total. The van der Waals surface area contributed by atoms with Gasteiger partial charge in [0.15, 0.2) is 0 Å². The zero-order chi connectivity index (χ0) is 19.6. The van der Waals surface area contributed by atoms with E-state index in [1.807, 2.05) is 0 Å². The monoisotopic (exact) mass is 380 g/mol. The van der Waals surface area contributed by atoms with Crippen molar-refractivity contribution in [3.63, 3.8) is 0 Å². The predicted molar refractivity (Wildman–Crippen MR) is 95.8 cm³/mol. The van der Waals surface area contributed by atoms with Gasteiger partial charge in [-0.05, 0) is 31.0 Å². The molecule has 0 atom stereocenters. The second kappa shape index (κ2) is 7.28. The summed E-state index contributed by atoms with van der Waals surface area (Å²) < 4.78 is 23.8. The fourth-order valence-electron chi connectivity index (χ4n) is 2.69. The Balaban J connectivity index is 2.73. The minimum atomic E-state index is -4.31. The summed E-state index contributed by atoms with van der Waals surface area (Å²) in [5.41, 5.74) is 3.95. The summed E-state index contributed by atoms with van der Waals surface area (Å²) in [6.45, 7) is 3.95. The number of nitrogens with one attached hydrogen (secondary N) is 1. The summed E-state index contributed by atoms with van der Waals surface area (Å²) in [7, 11) is -2.70. The minimum absolute atomic E-state index is 0.260. The molecule has 0 bridgehead atoms. The number of carboxylic acids is 1. The molecule has 2 rings (SSSR count). The van der Waals surface area contributed by atoms with Crippen molar-refractivity contribution < 1.29 is 23.1 Å². The van der Waals surface area contributed by atoms with E-state index in [2.05, 4.69) is 5.43 Å². The number of carboxylic acid groups (broad SMARTS) is 1. The molecular weight excluding hydrogens is 360 g/mol. The van der Waals surface area contributed by atoms with Crippen LogP contribution >= 0.6 is 0 Å². The van der Waals surface area contributed by atoms with Gasteiger partial charge in [-0.3, -0.25) is 9.80 Å². The Morgan fingerprint density at radius 3 is 2.46 bits per heavy atom. The number of hydrogen-bond acceptors (Lipinski definition) is 5. The van der Waals surface area contributed by atoms with Gasteiger partial charge in [0.1, 0.15) is 5.69 Å². The highest BCUT2D eigenvalue weighted by Gasteiger charge is 2.24. The number of carbonyl (C=O) groups excluding carboxylic acids is 1. The van der Waals surface area contributed by atoms with Crippen LogP contribution in [0.5, 0.6) is 0 Å². The normalized spacial score (nSPS) is 11.4. The van der Waals surface area contributed by atoms with Crippen LogP contribution in [0.2, 0.25) is 0 Å². The largest absolute Gasteiger partial charge is 0.477 e. The summed E-state index contributed by atoms with van der Waals surface area (Å²) in [6.07, 6.45) is 1.10. The molecule has 1 amide bonds. The maximum atomic E-state index is 12.8. The van der Waals surface area contributed by atoms with E-state index in [1.54, 1.807) is 39.1 Å². The molecule has 10 heteroatoms. The average Bonchev–Trinajstić information content (AvgIpc) is 3.01. The lowest BCUT2D eigenvalue weighted by atomic mass is 9.96. The number of carbonyl (C=O) groups is 2. The van der Waals surface area contributed by atoms with Gasteiger partial charge in [0, 0.05) is 25.4 Å². The highest BCUT2D eigenvalue weighted by atomic mass is 32.2. The first kappa shape index (κ1) is 19.6. The van der Waals surface area contributed by atoms with E-state index in [9.17, 15) is 23.1 Å². The molecule has 0 fully saturated rings. The van der Waals surface area contributed by atoms with Crippen molar-refractivity contribution in [2.45, 2.75) is 13.8 Å². The summed E-state index contributed by atoms with van der Waals surface area (Å²) in [5, 5.41) is 15.7. The van der Waals surface area contributed by atoms with Gasteiger partial charge >= 0.3 is 16.2 Å². The van der Waals surface area contributed by atoms with Crippen molar-refractivity contribution in [3.05, 3.63) is 47.3 Å². The Kier molecular flexibility index (Phi) is 5.50. The molecule has 140 valence electrons. The Morgan fingerprint density at radius 1 is 1.35 bits per heavy atom. The van der Waals surface area contributed by atoms with E-state index in [0.29, 0.717) is 27.2 Å². The van der Waals surface area contributed by atoms with Crippen LogP contribution in [0.3, 0.4) is 0 Å². The second-order valence-electron chi connectivity index (χ2n) is 5.53. The highest BCUT2D eigenvalue weighted by molar-refractivity contribution is 7.87. The molecule has 1 aromatic carbocycles. The molecular formula is C16H20N4O5S. The molecule has 0 saturated carbocycles. The van der Waals surface area contributed by atoms with Crippen LogP contribution in [0, 0.1) is 6.92 Å². The van der Waals surface area contributed by atoms with Gasteiger partial charge < -0.3 is 5.11 Å². The molecule has 1 aromatic heterocycles. The topological polar surface area (TPSA) is 135 Å². The number of nitrogens with two attached hydrogens (primary N) is 1. The predicted octanol–water partition coefficient (Wildman–Crippen LogP) is 0.810. The lowest BCUT2D eigenvalue weighted by molar-refractivity contribution is 0.0682. The molecule has 0 unspecified atom stereocenters. The maximum Gasteiger partial charge on any atom is 0.353 e. The number of aromatic carboxylic acids is 1. The molecule has 0 saturated heterocycles. The van der Waals surface area contributed by atoms with Crippen LogP contribution in [0.25, 0.3) is 11.1 Å². The lowest BCUT2D eigenvalue weighted by Gasteiger charge is -2.22. The molecule has 0 aliphatic heterocycles. The van der Waals surface area contributed by atoms with Gasteiger partial charge in [-0.25, -0.2) is 19.3 Å². The quantitative estimate of drug-likeness (QED) is 0.635. The van der Waals surface area contributed by atoms with E-state index >= 15 is 0 Å². The van der Waals surface area contributed by atoms with Gasteiger partial charge in [0.25, 0.3) is 5.91 Å². The number of hydrogen-bond donors (Lipinski definition) is 3. The summed E-state index contributed by atoms with van der Waals surface area (Å²) in [4.78, 5) is 24.2. The van der Waals surface area contributed by atoms with Gasteiger partial charge in [-0.2, -0.15) is 8.42 Å². The van der Waals surface area contributed by atoms with Crippen molar-refractivity contribution >= 4 is 22.1 Å². The van der Waals surface area contributed by atoms with E-state index in [0.717, 1.165) is 6.20 Å². The van der Waals surface area contributed by atoms with Crippen molar-refractivity contribution in [1.29, 1.82) is 0 Å². The van der Waals surface area contributed by atoms with Crippen LogP contribution in [0.1, 0.15) is 33.3 Å². The van der Waals surface area contributed by atoms with Crippen molar-refractivity contribution in [2.24, 2.45) is 5.14 Å². The lowest BCUT2D eigenvalue weighted by Crippen LogP contribution is -2.40. The van der Waals surface area contributed by atoms with Crippen LogP contribution in [-0.4, -0.2) is 48.0 Å². The third-order valence-electron chi connectivity index (χ3n) is 3.91. The Morgan fingerprint density at radius 2 is 2.00 bits per heavy atom. The van der Waals surface area contributed by atoms with Crippen LogP contribution in [0.4, 0.5) is 0 Å². The second-order valence-corrected chi connectivity index (χ2v) is 6.95. The van der Waals surface area contributed by atoms with Crippen molar-refractivity contribution in [1.82, 2.24) is 14.4 Å². The average molecular weight is 380 g/mol. The van der Waals surface area contributed by atoms with Gasteiger partial charge in [0.2, 0.25) is 0 Å². The zero-order valence-electron chi connectivity index (χ0n) is 14.6. The third-order valence-corrected chi connectivity index (χ3v) is 4.76. The summed E-state index contributed by atoms with van der Waals surface area (Å²) >= 11 is 0. The Hall–Kier alpha value is -2.69. The zero-order valence-corrected chi connectivity index (χ0v) is 15.4. The number of nitrogens with zero attached hydrogens (tertiary/aromatic N) is 2. The first-order chi connectivity index (χ1) is 12.1. The molecule has 26 heavy (non-hydrogen) atoms. The van der Waals surface area contributed by atoms with Crippen molar-refractivity contribution in [3.8, 4) is 11.1 Å². The molecule has 0 spiro atoms. The maximum absolute atomic E-state index is 12.8. The van der Waals surface area contributed by atoms with E-state index in [1.165, 1.54) is 11.1 Å². The standard InChI is InChI=1S/C16H20N4O5S/c1-4-19(18-3)15(21)14-10(2)6-5-7-12(14)11-8-13(16(22)23)20(9-11)26(17,24)25/h5-9,18H,4H2,1-3H3,(H,22,23)(H2,17,24,25). The number of benzene rings is 1. The van der Waals surface area contributed by atoms with E-state index in [-0.39, 0.29) is 11.5 Å². The molecule has 4 N–H and O–H groups in total. The first-order valence-electron chi connectivity index (χ1n) is 7.70. The molecule has 0 aliphatic rings. The first-order valence-corrected chi connectivity index (χ1v) is 9.20. The van der Waals surface area contributed by atoms with Crippen LogP contribution < -0.4 is 10.6 Å². The van der Waals surface area contributed by atoms with E-state index in [4.69, 9.17) is 5.14 Å². The van der Waals surface area contributed by atoms with Crippen molar-refractivity contribution in [2.75, 3.05) is 13.6 Å². The molecule has 1 heterocycles. The molecule has 0 aliphatic carbocycles. The third kappa shape index (κ3) is 3.62. The van der Waals surface area contributed by atoms with Gasteiger partial charge in [0.05, 0.1) is 5.56 Å². The van der Waals surface area contributed by atoms with Gasteiger partial charge in [-0.1, -0.05) is 18.2 Å². The number of amides is 1. The fourth-order valence-corrected chi connectivity index (χ4v) is 3.35. The number of aryl methyl sites for hydroxylation is 1. The number of aromatic nitrogens is 1. The fraction of sp³-hybridized carbons (Fsp3) is 0.250. The van der Waals surface area contributed by atoms with Crippen LogP contribution in [-0.2, 0) is 10.2 Å².